The molecule has 0 aliphatic carbocycles. The van der Waals surface area contributed by atoms with Gasteiger partial charge >= 0.3 is 0 Å². The summed E-state index contributed by atoms with van der Waals surface area (Å²) in [4.78, 5) is 8.67. The number of pyridine rings is 1. The molecule has 1 aliphatic heterocycles. The van der Waals surface area contributed by atoms with Gasteiger partial charge in [-0.2, -0.15) is 0 Å². The van der Waals surface area contributed by atoms with Gasteiger partial charge in [0.25, 0.3) is 0 Å². The van der Waals surface area contributed by atoms with Crippen molar-refractivity contribution in [3.8, 4) is 10.6 Å². The SMILES string of the molecule is CC1CCCN(c2cc(-c3cccs3)nc3ccccc23)C1. The number of hydrogen-bond acceptors (Lipinski definition) is 3. The van der Waals surface area contributed by atoms with Crippen molar-refractivity contribution in [1.29, 1.82) is 0 Å². The van der Waals surface area contributed by atoms with Gasteiger partial charge in [0.1, 0.15) is 0 Å². The number of fused-ring (bicyclic) bond motifs is 1. The van der Waals surface area contributed by atoms with Crippen molar-refractivity contribution < 1.29 is 0 Å². The molecule has 1 aromatic carbocycles. The number of thiophene rings is 1. The maximum Gasteiger partial charge on any atom is 0.0830 e. The molecule has 112 valence electrons. The average Bonchev–Trinajstić information content (AvgIpc) is 3.08. The van der Waals surface area contributed by atoms with Crippen LogP contribution in [0.5, 0.6) is 0 Å². The first-order valence-corrected chi connectivity index (χ1v) is 8.88. The first kappa shape index (κ1) is 13.8. The number of benzene rings is 1. The lowest BCUT2D eigenvalue weighted by Gasteiger charge is -2.33. The molecule has 22 heavy (non-hydrogen) atoms. The average molecular weight is 308 g/mol. The van der Waals surface area contributed by atoms with E-state index in [1.54, 1.807) is 11.3 Å². The van der Waals surface area contributed by atoms with E-state index in [4.69, 9.17) is 4.98 Å². The van der Waals surface area contributed by atoms with Crippen molar-refractivity contribution >= 4 is 27.9 Å². The molecule has 0 bridgehead atoms. The highest BCUT2D eigenvalue weighted by molar-refractivity contribution is 7.13. The van der Waals surface area contributed by atoms with E-state index in [1.807, 2.05) is 0 Å². The minimum atomic E-state index is 0.769. The molecule has 0 saturated carbocycles. The largest absolute Gasteiger partial charge is 0.371 e. The standard InChI is InChI=1S/C19H20N2S/c1-14-6-4-10-21(13-14)18-12-17(19-9-5-11-22-19)20-16-8-3-2-7-15(16)18/h2-3,5,7-9,11-12,14H,4,6,10,13H2,1H3. The molecule has 1 unspecified atom stereocenters. The van der Waals surface area contributed by atoms with Crippen molar-refractivity contribution in [1.82, 2.24) is 4.98 Å². The van der Waals surface area contributed by atoms with Crippen molar-refractivity contribution in [2.24, 2.45) is 5.92 Å². The molecule has 0 spiro atoms. The van der Waals surface area contributed by atoms with Gasteiger partial charge in [-0.05, 0) is 42.3 Å². The number of para-hydroxylation sites is 1. The molecule has 3 heteroatoms. The van der Waals surface area contributed by atoms with E-state index in [0.717, 1.165) is 30.2 Å². The Balaban J connectivity index is 1.87. The van der Waals surface area contributed by atoms with Crippen molar-refractivity contribution in [3.63, 3.8) is 0 Å². The molecule has 1 aliphatic rings. The second-order valence-electron chi connectivity index (χ2n) is 6.21. The molecule has 1 fully saturated rings. The van der Waals surface area contributed by atoms with Crippen LogP contribution in [0, 0.1) is 5.92 Å². The lowest BCUT2D eigenvalue weighted by Crippen LogP contribution is -2.34. The molecule has 0 amide bonds. The number of aromatic nitrogens is 1. The summed E-state index contributed by atoms with van der Waals surface area (Å²) >= 11 is 1.76. The fourth-order valence-corrected chi connectivity index (χ4v) is 4.06. The molecule has 3 heterocycles. The second kappa shape index (κ2) is 5.73. The van der Waals surface area contributed by atoms with Crippen molar-refractivity contribution in [2.75, 3.05) is 18.0 Å². The fraction of sp³-hybridized carbons (Fsp3) is 0.316. The van der Waals surface area contributed by atoms with Crippen molar-refractivity contribution in [2.45, 2.75) is 19.8 Å². The van der Waals surface area contributed by atoms with Crippen LogP contribution in [0.4, 0.5) is 5.69 Å². The minimum Gasteiger partial charge on any atom is -0.371 e. The van der Waals surface area contributed by atoms with Gasteiger partial charge < -0.3 is 4.90 Å². The summed E-state index contributed by atoms with van der Waals surface area (Å²) in [6, 6.07) is 15.1. The zero-order valence-corrected chi connectivity index (χ0v) is 13.6. The minimum absolute atomic E-state index is 0.769. The Kier molecular flexibility index (Phi) is 3.59. The third kappa shape index (κ3) is 2.50. The second-order valence-corrected chi connectivity index (χ2v) is 7.16. The van der Waals surface area contributed by atoms with Gasteiger partial charge in [-0.1, -0.05) is 31.2 Å². The Morgan fingerprint density at radius 2 is 2.09 bits per heavy atom. The topological polar surface area (TPSA) is 16.1 Å². The van der Waals surface area contributed by atoms with E-state index in [-0.39, 0.29) is 0 Å². The molecule has 3 aromatic rings. The van der Waals surface area contributed by atoms with Gasteiger partial charge in [-0.25, -0.2) is 4.98 Å². The Labute approximate surface area is 135 Å². The lowest BCUT2D eigenvalue weighted by molar-refractivity contribution is 0.447. The number of anilines is 1. The van der Waals surface area contributed by atoms with Gasteiger partial charge in [0.15, 0.2) is 0 Å². The third-order valence-corrected chi connectivity index (χ3v) is 5.36. The molecule has 1 atom stereocenters. The Hall–Kier alpha value is -1.87. The highest BCUT2D eigenvalue weighted by Gasteiger charge is 2.19. The molecule has 4 rings (SSSR count). The van der Waals surface area contributed by atoms with E-state index in [2.05, 4.69) is 59.7 Å². The van der Waals surface area contributed by atoms with Crippen LogP contribution in [0.15, 0.2) is 47.8 Å². The van der Waals surface area contributed by atoms with Crippen LogP contribution in [-0.4, -0.2) is 18.1 Å². The van der Waals surface area contributed by atoms with E-state index >= 15 is 0 Å². The van der Waals surface area contributed by atoms with Gasteiger partial charge in [-0.3, -0.25) is 0 Å². The molecule has 2 aromatic heterocycles. The zero-order chi connectivity index (χ0) is 14.9. The highest BCUT2D eigenvalue weighted by atomic mass is 32.1. The summed E-state index contributed by atoms with van der Waals surface area (Å²) in [5, 5.41) is 3.39. The molecule has 1 saturated heterocycles. The normalized spacial score (nSPS) is 18.8. The first-order valence-electron chi connectivity index (χ1n) is 8.00. The third-order valence-electron chi connectivity index (χ3n) is 4.47. The number of rotatable bonds is 2. The Bertz CT molecular complexity index is 779. The van der Waals surface area contributed by atoms with Gasteiger partial charge in [-0.15, -0.1) is 11.3 Å². The quantitative estimate of drug-likeness (QED) is 0.647. The predicted octanol–water partition coefficient (Wildman–Crippen LogP) is 5.20. The smallest absolute Gasteiger partial charge is 0.0830 e. The highest BCUT2D eigenvalue weighted by Crippen LogP contribution is 2.34. The molecular weight excluding hydrogens is 288 g/mol. The summed E-state index contributed by atoms with van der Waals surface area (Å²) in [6.07, 6.45) is 2.63. The number of piperidine rings is 1. The molecular formula is C19H20N2S. The summed E-state index contributed by atoms with van der Waals surface area (Å²) in [5.74, 6) is 0.769. The Morgan fingerprint density at radius 3 is 2.91 bits per heavy atom. The van der Waals surface area contributed by atoms with Crippen LogP contribution >= 0.6 is 11.3 Å². The van der Waals surface area contributed by atoms with Crippen LogP contribution < -0.4 is 4.90 Å². The van der Waals surface area contributed by atoms with Crippen LogP contribution in [0.25, 0.3) is 21.5 Å². The van der Waals surface area contributed by atoms with E-state index in [9.17, 15) is 0 Å². The summed E-state index contributed by atoms with van der Waals surface area (Å²) in [6.45, 7) is 4.66. The van der Waals surface area contributed by atoms with Crippen LogP contribution in [-0.2, 0) is 0 Å². The van der Waals surface area contributed by atoms with Crippen LogP contribution in [0.1, 0.15) is 19.8 Å². The monoisotopic (exact) mass is 308 g/mol. The van der Waals surface area contributed by atoms with Crippen LogP contribution in [0.3, 0.4) is 0 Å². The Morgan fingerprint density at radius 1 is 1.18 bits per heavy atom. The summed E-state index contributed by atoms with van der Waals surface area (Å²) < 4.78 is 0. The molecule has 0 N–H and O–H groups in total. The van der Waals surface area contributed by atoms with Crippen molar-refractivity contribution in [3.05, 3.63) is 47.8 Å². The van der Waals surface area contributed by atoms with Gasteiger partial charge in [0.2, 0.25) is 0 Å². The number of nitrogens with zero attached hydrogens (tertiary/aromatic N) is 2. The maximum atomic E-state index is 4.88. The zero-order valence-electron chi connectivity index (χ0n) is 12.8. The summed E-state index contributed by atoms with van der Waals surface area (Å²) in [7, 11) is 0. The van der Waals surface area contributed by atoms with E-state index in [0.29, 0.717) is 0 Å². The predicted molar refractivity (Wildman–Crippen MR) is 95.7 cm³/mol. The van der Waals surface area contributed by atoms with E-state index in [1.165, 1.54) is 28.8 Å². The molecule has 2 nitrogen and oxygen atoms in total. The first-order chi connectivity index (χ1) is 10.8. The van der Waals surface area contributed by atoms with Gasteiger partial charge in [0, 0.05) is 24.2 Å². The van der Waals surface area contributed by atoms with Gasteiger partial charge in [0.05, 0.1) is 16.1 Å². The number of hydrogen-bond donors (Lipinski definition) is 0. The van der Waals surface area contributed by atoms with Crippen LogP contribution in [0.2, 0.25) is 0 Å². The fourth-order valence-electron chi connectivity index (χ4n) is 3.38. The van der Waals surface area contributed by atoms with E-state index < -0.39 is 0 Å². The lowest BCUT2D eigenvalue weighted by atomic mass is 9.99. The maximum absolute atomic E-state index is 4.88. The molecule has 0 radical (unpaired) electrons. The summed E-state index contributed by atoms with van der Waals surface area (Å²) in [5.41, 5.74) is 3.55.